The lowest BCUT2D eigenvalue weighted by Gasteiger charge is -2.24. The first-order valence-electron chi connectivity index (χ1n) is 10.9. The Labute approximate surface area is 214 Å². The van der Waals surface area contributed by atoms with Crippen molar-refractivity contribution in [2.45, 2.75) is 19.9 Å². The van der Waals surface area contributed by atoms with Crippen LogP contribution >= 0.6 is 22.9 Å². The van der Waals surface area contributed by atoms with Crippen molar-refractivity contribution in [2.75, 3.05) is 19.0 Å². The lowest BCUT2D eigenvalue weighted by Crippen LogP contribution is -2.40. The molecule has 186 valence electrons. The molecule has 0 bridgehead atoms. The molecule has 9 nitrogen and oxygen atoms in total. The Hall–Kier alpha value is -3.89. The third kappa shape index (κ3) is 4.77. The van der Waals surface area contributed by atoms with E-state index in [4.69, 9.17) is 26.2 Å². The Morgan fingerprint density at radius 2 is 1.97 bits per heavy atom. The normalized spacial score (nSPS) is 15.2. The van der Waals surface area contributed by atoms with Crippen LogP contribution in [0.1, 0.15) is 35.8 Å². The van der Waals surface area contributed by atoms with Gasteiger partial charge >= 0.3 is 11.9 Å². The van der Waals surface area contributed by atoms with Crippen LogP contribution in [0.4, 0.5) is 5.69 Å². The summed E-state index contributed by atoms with van der Waals surface area (Å²) in [5, 5.41) is 12.2. The number of aromatic nitrogens is 1. The van der Waals surface area contributed by atoms with Gasteiger partial charge in [0.2, 0.25) is 0 Å². The number of carbonyl (C=O) groups is 2. The van der Waals surface area contributed by atoms with E-state index in [0.29, 0.717) is 32.0 Å². The quantitative estimate of drug-likeness (QED) is 0.453. The molecule has 1 atom stereocenters. The van der Waals surface area contributed by atoms with E-state index in [0.717, 1.165) is 11.3 Å². The zero-order valence-electron chi connectivity index (χ0n) is 19.6. The lowest BCUT2D eigenvalue weighted by molar-refractivity contribution is -0.139. The van der Waals surface area contributed by atoms with Crippen molar-refractivity contribution in [3.63, 3.8) is 0 Å². The fourth-order valence-electron chi connectivity index (χ4n) is 3.82. The van der Waals surface area contributed by atoms with E-state index in [1.807, 2.05) is 0 Å². The SMILES string of the molecule is CCOC(=O)C1=C(C)N=c2s/c(=C\Nc3ccc(C(=O)O)c(Cl)c3)c(=O)n2[C@@H]1c1ccc(OC)cc1. The van der Waals surface area contributed by atoms with E-state index >= 15 is 0 Å². The van der Waals surface area contributed by atoms with Crippen molar-refractivity contribution < 1.29 is 24.2 Å². The molecular formula is C25H22ClN3O6S. The van der Waals surface area contributed by atoms with E-state index < -0.39 is 18.0 Å². The zero-order chi connectivity index (χ0) is 26.0. The van der Waals surface area contributed by atoms with Crippen LogP contribution in [-0.2, 0) is 9.53 Å². The van der Waals surface area contributed by atoms with Crippen molar-refractivity contribution in [1.29, 1.82) is 0 Å². The number of ether oxygens (including phenoxy) is 2. The van der Waals surface area contributed by atoms with Gasteiger partial charge in [-0.3, -0.25) is 9.36 Å². The van der Waals surface area contributed by atoms with Gasteiger partial charge in [0.1, 0.15) is 10.3 Å². The zero-order valence-corrected chi connectivity index (χ0v) is 21.1. The number of esters is 1. The van der Waals surface area contributed by atoms with Gasteiger partial charge in [-0.15, -0.1) is 0 Å². The molecule has 0 amide bonds. The van der Waals surface area contributed by atoms with Crippen LogP contribution in [0, 0.1) is 0 Å². The van der Waals surface area contributed by atoms with Crippen LogP contribution in [0.2, 0.25) is 5.02 Å². The summed E-state index contributed by atoms with van der Waals surface area (Å²) >= 11 is 7.20. The van der Waals surface area contributed by atoms with Gasteiger partial charge in [0.05, 0.1) is 41.6 Å². The molecule has 0 fully saturated rings. The highest BCUT2D eigenvalue weighted by atomic mass is 35.5. The number of hydrogen-bond donors (Lipinski definition) is 2. The summed E-state index contributed by atoms with van der Waals surface area (Å²) in [6.45, 7) is 3.61. The minimum Gasteiger partial charge on any atom is -0.497 e. The molecule has 36 heavy (non-hydrogen) atoms. The highest BCUT2D eigenvalue weighted by Gasteiger charge is 2.33. The number of methoxy groups -OCH3 is 1. The molecule has 1 aromatic heterocycles. The van der Waals surface area contributed by atoms with Gasteiger partial charge in [-0.05, 0) is 49.7 Å². The lowest BCUT2D eigenvalue weighted by atomic mass is 9.96. The minimum absolute atomic E-state index is 0.0250. The van der Waals surface area contributed by atoms with Crippen LogP contribution in [0.25, 0.3) is 6.20 Å². The molecule has 0 aliphatic carbocycles. The molecule has 0 unspecified atom stereocenters. The highest BCUT2D eigenvalue weighted by Crippen LogP contribution is 2.31. The smallest absolute Gasteiger partial charge is 0.338 e. The summed E-state index contributed by atoms with van der Waals surface area (Å²) in [6.07, 6.45) is 1.50. The summed E-state index contributed by atoms with van der Waals surface area (Å²) in [5.41, 5.74) is 1.57. The summed E-state index contributed by atoms with van der Waals surface area (Å²) in [5.74, 6) is -1.03. The summed E-state index contributed by atoms with van der Waals surface area (Å²) in [6, 6.07) is 10.8. The minimum atomic E-state index is -1.13. The van der Waals surface area contributed by atoms with Gasteiger partial charge in [0.25, 0.3) is 5.56 Å². The molecule has 0 saturated carbocycles. The van der Waals surface area contributed by atoms with E-state index in [2.05, 4.69) is 10.3 Å². The second kappa shape index (κ2) is 10.4. The van der Waals surface area contributed by atoms with Crippen LogP contribution < -0.4 is 24.9 Å². The molecule has 0 radical (unpaired) electrons. The van der Waals surface area contributed by atoms with E-state index in [-0.39, 0.29) is 28.3 Å². The number of nitrogens with one attached hydrogen (secondary N) is 1. The molecular weight excluding hydrogens is 506 g/mol. The van der Waals surface area contributed by atoms with Crippen molar-refractivity contribution in [3.05, 3.63) is 89.6 Å². The number of anilines is 1. The fourth-order valence-corrected chi connectivity index (χ4v) is 5.05. The van der Waals surface area contributed by atoms with E-state index in [1.165, 1.54) is 22.9 Å². The van der Waals surface area contributed by atoms with E-state index in [9.17, 15) is 14.4 Å². The molecule has 11 heteroatoms. The third-order valence-electron chi connectivity index (χ3n) is 5.52. The Balaban J connectivity index is 1.81. The van der Waals surface area contributed by atoms with Crippen molar-refractivity contribution >= 4 is 46.8 Å². The monoisotopic (exact) mass is 527 g/mol. The molecule has 2 aromatic carbocycles. The molecule has 1 aliphatic heterocycles. The Bertz CT molecular complexity index is 1560. The van der Waals surface area contributed by atoms with Crippen LogP contribution in [-0.4, -0.2) is 35.3 Å². The maximum Gasteiger partial charge on any atom is 0.338 e. The second-order valence-corrected chi connectivity index (χ2v) is 9.14. The number of carboxylic acid groups (broad SMARTS) is 1. The number of rotatable bonds is 7. The predicted molar refractivity (Wildman–Crippen MR) is 136 cm³/mol. The van der Waals surface area contributed by atoms with Crippen molar-refractivity contribution in [1.82, 2.24) is 4.57 Å². The predicted octanol–water partition coefficient (Wildman–Crippen LogP) is 3.18. The highest BCUT2D eigenvalue weighted by molar-refractivity contribution is 7.07. The molecule has 0 spiro atoms. The number of carboxylic acids is 1. The first kappa shape index (κ1) is 25.2. The maximum absolute atomic E-state index is 13.5. The van der Waals surface area contributed by atoms with Crippen LogP contribution in [0.5, 0.6) is 5.75 Å². The summed E-state index contributed by atoms with van der Waals surface area (Å²) in [7, 11) is 1.56. The molecule has 2 heterocycles. The van der Waals surface area contributed by atoms with E-state index in [1.54, 1.807) is 51.3 Å². The summed E-state index contributed by atoms with van der Waals surface area (Å²) in [4.78, 5) is 42.6. The molecule has 2 N–H and O–H groups in total. The first-order chi connectivity index (χ1) is 17.2. The second-order valence-electron chi connectivity index (χ2n) is 7.72. The average Bonchev–Trinajstić information content (AvgIpc) is 3.16. The topological polar surface area (TPSA) is 119 Å². The number of allylic oxidation sites excluding steroid dienone is 1. The number of fused-ring (bicyclic) bond motifs is 1. The number of halogens is 1. The number of aromatic carboxylic acids is 1. The Morgan fingerprint density at radius 3 is 2.58 bits per heavy atom. The number of carbonyl (C=O) groups excluding carboxylic acids is 1. The number of nitrogens with zero attached hydrogens (tertiary/aromatic N) is 2. The number of hydrogen-bond acceptors (Lipinski definition) is 8. The maximum atomic E-state index is 13.5. The Kier molecular flexibility index (Phi) is 7.27. The first-order valence-corrected chi connectivity index (χ1v) is 12.1. The van der Waals surface area contributed by atoms with Gasteiger partial charge in [-0.1, -0.05) is 35.1 Å². The van der Waals surface area contributed by atoms with Crippen molar-refractivity contribution in [2.24, 2.45) is 4.99 Å². The van der Waals surface area contributed by atoms with Gasteiger partial charge < -0.3 is 19.9 Å². The molecule has 1 aliphatic rings. The molecule has 0 saturated heterocycles. The fraction of sp³-hybridized carbons (Fsp3) is 0.200. The average molecular weight is 528 g/mol. The van der Waals surface area contributed by atoms with Crippen molar-refractivity contribution in [3.8, 4) is 5.75 Å². The number of benzene rings is 2. The largest absolute Gasteiger partial charge is 0.497 e. The Morgan fingerprint density at radius 1 is 1.25 bits per heavy atom. The van der Waals surface area contributed by atoms with Crippen LogP contribution in [0.3, 0.4) is 0 Å². The summed E-state index contributed by atoms with van der Waals surface area (Å²) < 4.78 is 12.3. The third-order valence-corrected chi connectivity index (χ3v) is 6.81. The van der Waals surface area contributed by atoms with Gasteiger partial charge in [0.15, 0.2) is 4.80 Å². The standard InChI is InChI=1S/C25H22ClN3O6S/c1-4-35-24(33)20-13(2)28-25-29(21(20)14-5-8-16(34-3)9-6-14)22(30)19(36-25)12-27-15-7-10-17(23(31)32)18(26)11-15/h5-12,21,27H,4H2,1-3H3,(H,31,32)/b19-12-/t21-/m1/s1. The molecule has 3 aromatic rings. The van der Waals surface area contributed by atoms with Gasteiger partial charge in [-0.2, -0.15) is 0 Å². The molecule has 4 rings (SSSR count). The van der Waals surface area contributed by atoms with Gasteiger partial charge in [0, 0.05) is 11.9 Å². The van der Waals surface area contributed by atoms with Gasteiger partial charge in [-0.25, -0.2) is 14.6 Å². The number of thiazole rings is 1. The van der Waals surface area contributed by atoms with Crippen LogP contribution in [0.15, 0.2) is 63.5 Å².